The van der Waals surface area contributed by atoms with E-state index in [9.17, 15) is 14.4 Å². The largest absolute Gasteiger partial charge is 0.452 e. The lowest BCUT2D eigenvalue weighted by Gasteiger charge is -2.07. The second kappa shape index (κ2) is 6.67. The fourth-order valence-electron chi connectivity index (χ4n) is 2.89. The Morgan fingerprint density at radius 2 is 2.04 bits per heavy atom. The minimum absolute atomic E-state index is 0.209. The van der Waals surface area contributed by atoms with E-state index >= 15 is 0 Å². The van der Waals surface area contributed by atoms with Crippen LogP contribution in [0.5, 0.6) is 0 Å². The molecule has 1 aliphatic rings. The number of primary amides is 1. The molecule has 0 saturated carbocycles. The van der Waals surface area contributed by atoms with Gasteiger partial charge in [-0.05, 0) is 38.7 Å². The number of aromatic nitrogens is 1. The van der Waals surface area contributed by atoms with Gasteiger partial charge in [0.25, 0.3) is 11.8 Å². The number of ether oxygens (including phenoxy) is 1. The van der Waals surface area contributed by atoms with Gasteiger partial charge in [0.15, 0.2) is 6.61 Å². The van der Waals surface area contributed by atoms with Gasteiger partial charge in [0, 0.05) is 4.88 Å². The minimum atomic E-state index is -0.685. The maximum Gasteiger partial charge on any atom is 0.344 e. The van der Waals surface area contributed by atoms with Crippen LogP contribution >= 0.6 is 11.3 Å². The molecular weight excluding hydrogens is 346 g/mol. The number of nitrogens with two attached hydrogens (primary N) is 1. The number of carbonyl (C=O) groups is 3. The lowest BCUT2D eigenvalue weighted by Crippen LogP contribution is -2.23. The van der Waals surface area contributed by atoms with Crippen molar-refractivity contribution in [1.82, 2.24) is 5.16 Å². The number of nitrogens with one attached hydrogen (secondary N) is 1. The van der Waals surface area contributed by atoms with Crippen molar-refractivity contribution >= 4 is 34.1 Å². The van der Waals surface area contributed by atoms with Crippen molar-refractivity contribution in [3.63, 3.8) is 0 Å². The van der Waals surface area contributed by atoms with Crippen LogP contribution < -0.4 is 11.1 Å². The van der Waals surface area contributed by atoms with Crippen molar-refractivity contribution in [2.24, 2.45) is 5.73 Å². The van der Waals surface area contributed by atoms with Gasteiger partial charge in [-0.3, -0.25) is 9.59 Å². The number of hydrogen-bond acceptors (Lipinski definition) is 7. The highest BCUT2D eigenvalue weighted by molar-refractivity contribution is 7.17. The number of esters is 1. The van der Waals surface area contributed by atoms with E-state index in [-0.39, 0.29) is 5.56 Å². The highest BCUT2D eigenvalue weighted by Crippen LogP contribution is 2.38. The molecule has 8 nitrogen and oxygen atoms in total. The second-order valence-electron chi connectivity index (χ2n) is 5.75. The van der Waals surface area contributed by atoms with E-state index < -0.39 is 24.4 Å². The molecule has 9 heteroatoms. The molecule has 132 valence electrons. The van der Waals surface area contributed by atoms with Gasteiger partial charge in [0.05, 0.1) is 11.3 Å². The molecule has 25 heavy (non-hydrogen) atoms. The zero-order valence-electron chi connectivity index (χ0n) is 13.8. The van der Waals surface area contributed by atoms with Crippen LogP contribution in [0.3, 0.4) is 0 Å². The summed E-state index contributed by atoms with van der Waals surface area (Å²) < 4.78 is 9.89. The smallest absolute Gasteiger partial charge is 0.344 e. The van der Waals surface area contributed by atoms with E-state index in [0.717, 1.165) is 29.7 Å². The zero-order chi connectivity index (χ0) is 18.1. The molecule has 0 atom stereocenters. The Kier molecular flexibility index (Phi) is 4.58. The molecule has 2 amide bonds. The van der Waals surface area contributed by atoms with Gasteiger partial charge in [0.1, 0.15) is 16.3 Å². The maximum absolute atomic E-state index is 12.1. The van der Waals surface area contributed by atoms with Crippen LogP contribution in [0.15, 0.2) is 4.52 Å². The van der Waals surface area contributed by atoms with Crippen molar-refractivity contribution in [3.05, 3.63) is 33.0 Å². The van der Waals surface area contributed by atoms with E-state index in [1.54, 1.807) is 13.8 Å². The number of fused-ring (bicyclic) bond motifs is 1. The molecule has 0 spiro atoms. The van der Waals surface area contributed by atoms with E-state index in [4.69, 9.17) is 15.0 Å². The average Bonchev–Trinajstić information content (AvgIpc) is 3.19. The lowest BCUT2D eigenvalue weighted by molar-refractivity contribution is -0.119. The topological polar surface area (TPSA) is 125 Å². The van der Waals surface area contributed by atoms with Crippen molar-refractivity contribution in [2.45, 2.75) is 33.1 Å². The Morgan fingerprint density at radius 1 is 1.28 bits per heavy atom. The molecule has 0 saturated heterocycles. The van der Waals surface area contributed by atoms with E-state index in [0.29, 0.717) is 22.0 Å². The van der Waals surface area contributed by atoms with Crippen LogP contribution in [-0.2, 0) is 22.4 Å². The summed E-state index contributed by atoms with van der Waals surface area (Å²) in [6.45, 7) is 2.71. The number of thiophene rings is 1. The van der Waals surface area contributed by atoms with Crippen molar-refractivity contribution in [2.75, 3.05) is 11.9 Å². The molecule has 0 radical (unpaired) electrons. The van der Waals surface area contributed by atoms with Crippen LogP contribution in [0.2, 0.25) is 0 Å². The molecule has 0 fully saturated rings. The molecule has 1 aliphatic carbocycles. The number of hydrogen-bond donors (Lipinski definition) is 2. The van der Waals surface area contributed by atoms with E-state index in [1.165, 1.54) is 11.3 Å². The summed E-state index contributed by atoms with van der Waals surface area (Å²) in [5, 5.41) is 6.69. The Hall–Kier alpha value is -2.68. The number of carbonyl (C=O) groups excluding carboxylic acids is 3. The standard InChI is InChI=1S/C16H17N3O5S/c1-7-12(8(2)24-19-7)16(22)23-6-11(20)18-15-13(14(17)21)9-4-3-5-10(9)25-15/h3-6H2,1-2H3,(H2,17,21)(H,18,20). The zero-order valence-corrected chi connectivity index (χ0v) is 14.6. The lowest BCUT2D eigenvalue weighted by atomic mass is 10.1. The summed E-state index contributed by atoms with van der Waals surface area (Å²) >= 11 is 1.34. The second-order valence-corrected chi connectivity index (χ2v) is 6.85. The third kappa shape index (κ3) is 3.27. The first-order valence-electron chi connectivity index (χ1n) is 7.72. The van der Waals surface area contributed by atoms with Crippen LogP contribution in [0.4, 0.5) is 5.00 Å². The van der Waals surface area contributed by atoms with Crippen LogP contribution in [0.1, 0.15) is 49.0 Å². The number of anilines is 1. The van der Waals surface area contributed by atoms with Gasteiger partial charge < -0.3 is 20.3 Å². The maximum atomic E-state index is 12.1. The normalized spacial score (nSPS) is 12.7. The predicted octanol–water partition coefficient (Wildman–Crippen LogP) is 1.74. The molecule has 0 bridgehead atoms. The molecule has 3 rings (SSSR count). The van der Waals surface area contributed by atoms with Crippen LogP contribution in [-0.4, -0.2) is 29.5 Å². The summed E-state index contributed by atoms with van der Waals surface area (Å²) in [7, 11) is 0. The Bertz CT molecular complexity index is 848. The Labute approximate surface area is 147 Å². The van der Waals surface area contributed by atoms with Gasteiger partial charge in [-0.1, -0.05) is 5.16 Å². The monoisotopic (exact) mass is 363 g/mol. The first-order chi connectivity index (χ1) is 11.9. The van der Waals surface area contributed by atoms with Gasteiger partial charge in [-0.25, -0.2) is 4.79 Å². The molecule has 0 unspecified atom stereocenters. The summed E-state index contributed by atoms with van der Waals surface area (Å²) in [4.78, 5) is 36.9. The molecule has 0 aliphatic heterocycles. The Morgan fingerprint density at radius 3 is 2.68 bits per heavy atom. The Balaban J connectivity index is 1.66. The van der Waals surface area contributed by atoms with Gasteiger partial charge in [0.2, 0.25) is 0 Å². The summed E-state index contributed by atoms with van der Waals surface area (Å²) in [5.41, 5.74) is 7.33. The molecule has 2 aromatic rings. The third-order valence-electron chi connectivity index (χ3n) is 3.99. The average molecular weight is 363 g/mol. The first kappa shape index (κ1) is 17.2. The van der Waals surface area contributed by atoms with E-state index in [1.807, 2.05) is 0 Å². The quantitative estimate of drug-likeness (QED) is 0.780. The van der Waals surface area contributed by atoms with Crippen molar-refractivity contribution in [3.8, 4) is 0 Å². The highest BCUT2D eigenvalue weighted by atomic mass is 32.1. The van der Waals surface area contributed by atoms with Crippen molar-refractivity contribution in [1.29, 1.82) is 0 Å². The van der Waals surface area contributed by atoms with Crippen molar-refractivity contribution < 1.29 is 23.6 Å². The summed E-state index contributed by atoms with van der Waals surface area (Å²) in [6.07, 6.45) is 2.63. The molecule has 3 N–H and O–H groups in total. The van der Waals surface area contributed by atoms with Crippen LogP contribution in [0.25, 0.3) is 0 Å². The number of aryl methyl sites for hydroxylation is 3. The highest BCUT2D eigenvalue weighted by Gasteiger charge is 2.26. The summed E-state index contributed by atoms with van der Waals surface area (Å²) in [5.74, 6) is -1.46. The first-order valence-corrected chi connectivity index (χ1v) is 8.54. The fourth-order valence-corrected chi connectivity index (χ4v) is 4.20. The molecule has 2 aromatic heterocycles. The molecular formula is C16H17N3O5S. The molecule has 0 aromatic carbocycles. The minimum Gasteiger partial charge on any atom is -0.452 e. The SMILES string of the molecule is Cc1noc(C)c1C(=O)OCC(=O)Nc1sc2c(c1C(N)=O)CCC2. The number of rotatable bonds is 5. The molecule has 2 heterocycles. The van der Waals surface area contributed by atoms with Crippen LogP contribution in [0, 0.1) is 13.8 Å². The fraction of sp³-hybridized carbons (Fsp3) is 0.375. The van der Waals surface area contributed by atoms with Gasteiger partial charge >= 0.3 is 5.97 Å². The van der Waals surface area contributed by atoms with Gasteiger partial charge in [-0.15, -0.1) is 11.3 Å². The summed E-state index contributed by atoms with van der Waals surface area (Å²) in [6, 6.07) is 0. The van der Waals surface area contributed by atoms with E-state index in [2.05, 4.69) is 10.5 Å². The number of amides is 2. The van der Waals surface area contributed by atoms with Gasteiger partial charge in [-0.2, -0.15) is 0 Å². The number of nitrogens with zero attached hydrogens (tertiary/aromatic N) is 1. The third-order valence-corrected chi connectivity index (χ3v) is 5.20. The predicted molar refractivity (Wildman–Crippen MR) is 89.8 cm³/mol.